The second kappa shape index (κ2) is 9.84. The molecule has 0 aliphatic carbocycles. The van der Waals surface area contributed by atoms with Gasteiger partial charge < -0.3 is 25.3 Å². The van der Waals surface area contributed by atoms with Crippen molar-refractivity contribution in [2.24, 2.45) is 4.99 Å². The highest BCUT2D eigenvalue weighted by atomic mass is 16.3. The Labute approximate surface area is 154 Å². The van der Waals surface area contributed by atoms with Gasteiger partial charge in [-0.1, -0.05) is 0 Å². The number of aliphatic imine (C=N–C) groups is 1. The predicted octanol–water partition coefficient (Wildman–Crippen LogP) is 0.884. The molecule has 3 N–H and O–H groups in total. The smallest absolute Gasteiger partial charge is 0.287 e. The number of likely N-dealkylation sites (tertiary alicyclic amines) is 1. The van der Waals surface area contributed by atoms with Crippen molar-refractivity contribution in [1.82, 2.24) is 20.9 Å². The van der Waals surface area contributed by atoms with Crippen LogP contribution in [0.1, 0.15) is 42.3 Å². The summed E-state index contributed by atoms with van der Waals surface area (Å²) < 4.78 is 5.17. The van der Waals surface area contributed by atoms with E-state index in [9.17, 15) is 9.59 Å². The third kappa shape index (κ3) is 5.79. The lowest BCUT2D eigenvalue weighted by molar-refractivity contribution is -0.132. The van der Waals surface area contributed by atoms with Gasteiger partial charge in [0.25, 0.3) is 5.91 Å². The van der Waals surface area contributed by atoms with Crippen molar-refractivity contribution in [3.63, 3.8) is 0 Å². The predicted molar refractivity (Wildman–Crippen MR) is 100 cm³/mol. The Kier molecular flexibility index (Phi) is 7.50. The molecule has 1 saturated heterocycles. The number of piperidine rings is 1. The van der Waals surface area contributed by atoms with Crippen molar-refractivity contribution in [1.29, 1.82) is 0 Å². The van der Waals surface area contributed by atoms with Crippen LogP contribution in [0, 0.1) is 6.92 Å². The van der Waals surface area contributed by atoms with Crippen LogP contribution in [0.5, 0.6) is 0 Å². The van der Waals surface area contributed by atoms with Crippen LogP contribution in [0.25, 0.3) is 0 Å². The van der Waals surface area contributed by atoms with E-state index in [1.165, 1.54) is 6.26 Å². The topological polar surface area (TPSA) is 99.0 Å². The highest BCUT2D eigenvalue weighted by Crippen LogP contribution is 2.09. The Hall–Kier alpha value is -2.51. The third-order valence-electron chi connectivity index (χ3n) is 4.27. The lowest BCUT2D eigenvalue weighted by atomic mass is 10.1. The van der Waals surface area contributed by atoms with E-state index in [0.29, 0.717) is 31.8 Å². The van der Waals surface area contributed by atoms with Gasteiger partial charge in [0.2, 0.25) is 5.91 Å². The van der Waals surface area contributed by atoms with Crippen molar-refractivity contribution in [3.8, 4) is 0 Å². The van der Waals surface area contributed by atoms with Crippen LogP contribution in [0.3, 0.4) is 0 Å². The van der Waals surface area contributed by atoms with Crippen LogP contribution < -0.4 is 16.0 Å². The van der Waals surface area contributed by atoms with Crippen LogP contribution in [-0.4, -0.2) is 61.9 Å². The zero-order chi connectivity index (χ0) is 18.9. The van der Waals surface area contributed by atoms with Crippen LogP contribution >= 0.6 is 0 Å². The molecule has 1 aromatic heterocycles. The molecule has 0 saturated carbocycles. The number of carbonyl (C=O) groups is 2. The minimum Gasteiger partial charge on any atom is -0.459 e. The van der Waals surface area contributed by atoms with Crippen LogP contribution in [0.15, 0.2) is 21.7 Å². The van der Waals surface area contributed by atoms with Gasteiger partial charge in [0.05, 0.1) is 6.26 Å². The molecule has 2 rings (SSSR count). The van der Waals surface area contributed by atoms with E-state index in [1.807, 2.05) is 20.9 Å². The van der Waals surface area contributed by atoms with Crippen LogP contribution in [0.2, 0.25) is 0 Å². The van der Waals surface area contributed by atoms with E-state index in [1.54, 1.807) is 11.0 Å². The Balaban J connectivity index is 1.73. The molecule has 1 aromatic rings. The number of furan rings is 1. The molecule has 2 heterocycles. The Morgan fingerprint density at radius 1 is 1.42 bits per heavy atom. The maximum Gasteiger partial charge on any atom is 0.287 e. The molecule has 2 amide bonds. The molecule has 144 valence electrons. The van der Waals surface area contributed by atoms with Gasteiger partial charge in [0, 0.05) is 51.3 Å². The van der Waals surface area contributed by atoms with Gasteiger partial charge in [-0.05, 0) is 32.8 Å². The molecule has 0 aromatic carbocycles. The number of rotatable bonds is 7. The summed E-state index contributed by atoms with van der Waals surface area (Å²) in [7, 11) is 1.82. The Bertz CT molecular complexity index is 641. The number of aryl methyl sites for hydroxylation is 1. The van der Waals surface area contributed by atoms with E-state index in [-0.39, 0.29) is 17.9 Å². The average molecular weight is 363 g/mol. The van der Waals surface area contributed by atoms with Gasteiger partial charge in [-0.15, -0.1) is 0 Å². The number of likely N-dealkylation sites (N-methyl/N-ethyl adjacent to an activating group) is 1. The second-order valence-electron chi connectivity index (χ2n) is 6.46. The number of amides is 2. The number of hydrogen-bond donors (Lipinski definition) is 3. The first-order chi connectivity index (χ1) is 12.5. The lowest BCUT2D eigenvalue weighted by Gasteiger charge is -2.31. The molecule has 8 heteroatoms. The fourth-order valence-corrected chi connectivity index (χ4v) is 2.80. The highest BCUT2D eigenvalue weighted by Gasteiger charge is 2.23. The molecule has 1 atom stereocenters. The molecular formula is C18H29N5O3. The molecule has 8 nitrogen and oxygen atoms in total. The summed E-state index contributed by atoms with van der Waals surface area (Å²) in [5.74, 6) is 1.09. The van der Waals surface area contributed by atoms with E-state index in [0.717, 1.165) is 30.9 Å². The number of nitrogens with zero attached hydrogens (tertiary/aromatic N) is 2. The normalized spacial score (nSPS) is 18.0. The van der Waals surface area contributed by atoms with Gasteiger partial charge in [-0.25, -0.2) is 0 Å². The summed E-state index contributed by atoms with van der Waals surface area (Å²) in [5, 5.41) is 9.44. The molecule has 0 radical (unpaired) electrons. The first-order valence-corrected chi connectivity index (χ1v) is 9.12. The quantitative estimate of drug-likeness (QED) is 0.379. The average Bonchev–Trinajstić information content (AvgIpc) is 3.04. The molecule has 0 bridgehead atoms. The largest absolute Gasteiger partial charge is 0.459 e. The van der Waals surface area contributed by atoms with Crippen LogP contribution in [-0.2, 0) is 4.79 Å². The van der Waals surface area contributed by atoms with Gasteiger partial charge in [0.15, 0.2) is 11.7 Å². The molecule has 26 heavy (non-hydrogen) atoms. The molecule has 0 spiro atoms. The van der Waals surface area contributed by atoms with Gasteiger partial charge in [-0.3, -0.25) is 14.6 Å². The van der Waals surface area contributed by atoms with E-state index in [2.05, 4.69) is 20.9 Å². The zero-order valence-corrected chi connectivity index (χ0v) is 15.8. The number of hydrogen-bond acceptors (Lipinski definition) is 4. The maximum atomic E-state index is 11.9. The summed E-state index contributed by atoms with van der Waals surface area (Å²) in [6.07, 6.45) is 3.61. The number of carbonyl (C=O) groups excluding carboxylic acids is 2. The summed E-state index contributed by atoms with van der Waals surface area (Å²) >= 11 is 0. The van der Waals surface area contributed by atoms with Crippen molar-refractivity contribution in [2.45, 2.75) is 39.2 Å². The van der Waals surface area contributed by atoms with E-state index >= 15 is 0 Å². The van der Waals surface area contributed by atoms with E-state index in [4.69, 9.17) is 4.42 Å². The first-order valence-electron chi connectivity index (χ1n) is 9.12. The first kappa shape index (κ1) is 19.8. The van der Waals surface area contributed by atoms with Crippen molar-refractivity contribution < 1.29 is 14.0 Å². The Morgan fingerprint density at radius 3 is 2.88 bits per heavy atom. The van der Waals surface area contributed by atoms with Gasteiger partial charge in [0.1, 0.15) is 0 Å². The summed E-state index contributed by atoms with van der Waals surface area (Å²) in [5.41, 5.74) is 0.829. The summed E-state index contributed by atoms with van der Waals surface area (Å²) in [4.78, 5) is 29.8. The molecular weight excluding hydrogens is 334 g/mol. The monoisotopic (exact) mass is 363 g/mol. The minimum absolute atomic E-state index is 0.188. The van der Waals surface area contributed by atoms with Crippen molar-refractivity contribution in [3.05, 3.63) is 23.7 Å². The van der Waals surface area contributed by atoms with Gasteiger partial charge >= 0.3 is 0 Å². The standard InChI is InChI=1S/C18H29N5O3/c1-4-19-18(22-14-6-7-15(24)23(3)12-14)21-10-5-9-20-17(25)16-13(2)8-11-26-16/h8,11,14H,4-7,9-10,12H2,1-3H3,(H,20,25)(H2,19,21,22). The third-order valence-corrected chi connectivity index (χ3v) is 4.27. The maximum absolute atomic E-state index is 11.9. The van der Waals surface area contributed by atoms with Gasteiger partial charge in [-0.2, -0.15) is 0 Å². The number of nitrogens with one attached hydrogen (secondary N) is 3. The molecule has 1 unspecified atom stereocenters. The highest BCUT2D eigenvalue weighted by molar-refractivity contribution is 5.92. The van der Waals surface area contributed by atoms with Crippen molar-refractivity contribution in [2.75, 3.05) is 33.2 Å². The second-order valence-corrected chi connectivity index (χ2v) is 6.46. The van der Waals surface area contributed by atoms with Crippen molar-refractivity contribution >= 4 is 17.8 Å². The fraction of sp³-hybridized carbons (Fsp3) is 0.611. The molecule has 1 aliphatic rings. The SMILES string of the molecule is CCNC(=NCCCNC(=O)c1occc1C)NC1CCC(=O)N(C)C1. The van der Waals surface area contributed by atoms with E-state index < -0.39 is 0 Å². The minimum atomic E-state index is -0.198. The number of guanidine groups is 1. The summed E-state index contributed by atoms with van der Waals surface area (Å²) in [6, 6.07) is 1.97. The summed E-state index contributed by atoms with van der Waals surface area (Å²) in [6.45, 7) is 6.42. The Morgan fingerprint density at radius 2 is 2.23 bits per heavy atom. The van der Waals surface area contributed by atoms with Crippen LogP contribution in [0.4, 0.5) is 0 Å². The lowest BCUT2D eigenvalue weighted by Crippen LogP contribution is -2.51. The molecule has 1 fully saturated rings. The molecule has 1 aliphatic heterocycles. The zero-order valence-electron chi connectivity index (χ0n) is 15.8. The fourth-order valence-electron chi connectivity index (χ4n) is 2.80.